The van der Waals surface area contributed by atoms with Crippen LogP contribution < -0.4 is 9.47 Å². The summed E-state index contributed by atoms with van der Waals surface area (Å²) in [5.74, 6) is 1.70. The predicted octanol–water partition coefficient (Wildman–Crippen LogP) is 5.66. The number of benzene rings is 1. The number of hydrogen-bond acceptors (Lipinski definition) is 4. The van der Waals surface area contributed by atoms with Crippen molar-refractivity contribution in [3.05, 3.63) is 59.4 Å². The lowest BCUT2D eigenvalue weighted by atomic mass is 10.2. The van der Waals surface area contributed by atoms with Crippen LogP contribution in [0.1, 0.15) is 42.5 Å². The van der Waals surface area contributed by atoms with E-state index in [1.807, 2.05) is 18.3 Å². The van der Waals surface area contributed by atoms with E-state index >= 15 is 0 Å². The fourth-order valence-electron chi connectivity index (χ4n) is 3.07. The fraction of sp³-hybridized carbons (Fsp3) is 0.333. The highest BCUT2D eigenvalue weighted by molar-refractivity contribution is 5.46. The van der Waals surface area contributed by atoms with Crippen LogP contribution in [-0.4, -0.2) is 21.4 Å². The molecule has 0 amide bonds. The minimum absolute atomic E-state index is 0.0560. The summed E-state index contributed by atoms with van der Waals surface area (Å²) in [7, 11) is 0. The molecular formula is C21H20F3N3O2. The molecule has 0 spiro atoms. The lowest BCUT2D eigenvalue weighted by Gasteiger charge is -2.10. The average Bonchev–Trinajstić information content (AvgIpc) is 3.50. The van der Waals surface area contributed by atoms with Crippen molar-refractivity contribution >= 4 is 0 Å². The first-order valence-corrected chi connectivity index (χ1v) is 9.40. The van der Waals surface area contributed by atoms with Crippen molar-refractivity contribution in [1.82, 2.24) is 14.8 Å². The van der Waals surface area contributed by atoms with E-state index in [0.29, 0.717) is 24.0 Å². The highest BCUT2D eigenvalue weighted by Gasteiger charge is 2.31. The number of alkyl halides is 3. The zero-order valence-corrected chi connectivity index (χ0v) is 16.0. The van der Waals surface area contributed by atoms with Gasteiger partial charge >= 0.3 is 6.18 Å². The molecule has 1 aromatic carbocycles. The third-order valence-electron chi connectivity index (χ3n) is 4.73. The normalized spacial score (nSPS) is 14.1. The largest absolute Gasteiger partial charge is 0.474 e. The highest BCUT2D eigenvalue weighted by atomic mass is 19.4. The quantitative estimate of drug-likeness (QED) is 0.533. The van der Waals surface area contributed by atoms with Gasteiger partial charge in [-0.2, -0.15) is 13.2 Å². The summed E-state index contributed by atoms with van der Waals surface area (Å²) in [5.41, 5.74) is 0.997. The molecule has 3 aromatic rings. The second-order valence-corrected chi connectivity index (χ2v) is 6.92. The number of ether oxygens (including phenoxy) is 2. The fourth-order valence-corrected chi connectivity index (χ4v) is 3.07. The van der Waals surface area contributed by atoms with Crippen LogP contribution in [0.15, 0.2) is 42.6 Å². The van der Waals surface area contributed by atoms with E-state index < -0.39 is 11.7 Å². The molecule has 0 N–H and O–H groups in total. The summed E-state index contributed by atoms with van der Waals surface area (Å²) in [6.45, 7) is 3.89. The number of hydrogen-bond donors (Lipinski definition) is 0. The van der Waals surface area contributed by atoms with Crippen molar-refractivity contribution < 1.29 is 22.6 Å². The van der Waals surface area contributed by atoms with Crippen LogP contribution in [0, 0.1) is 6.92 Å². The topological polar surface area (TPSA) is 49.2 Å². The van der Waals surface area contributed by atoms with Crippen molar-refractivity contribution in [1.29, 1.82) is 0 Å². The van der Waals surface area contributed by atoms with Gasteiger partial charge in [0.05, 0.1) is 17.9 Å². The molecule has 5 nitrogen and oxygen atoms in total. The molecular weight excluding hydrogens is 383 g/mol. The standard InChI is InChI=1S/C21H20F3N3O2/c1-3-28-20-19(29-17-6-4-5-16(11-17)21(22,23)24)13(2)27(26-20)18-10-9-15(12-25-18)14-7-8-14/h4-6,9-12,14H,3,7-8H2,1-2H3. The van der Waals surface area contributed by atoms with Gasteiger partial charge in [0.25, 0.3) is 5.88 Å². The first-order valence-electron chi connectivity index (χ1n) is 9.40. The predicted molar refractivity (Wildman–Crippen MR) is 101 cm³/mol. The van der Waals surface area contributed by atoms with Gasteiger partial charge in [0.1, 0.15) is 5.75 Å². The molecule has 1 aliphatic rings. The molecule has 8 heteroatoms. The molecule has 0 aliphatic heterocycles. The number of pyridine rings is 1. The monoisotopic (exact) mass is 403 g/mol. The van der Waals surface area contributed by atoms with E-state index in [-0.39, 0.29) is 17.4 Å². The van der Waals surface area contributed by atoms with Gasteiger partial charge in [-0.05, 0) is 62.4 Å². The van der Waals surface area contributed by atoms with Crippen molar-refractivity contribution in [2.75, 3.05) is 6.61 Å². The third kappa shape index (κ3) is 4.06. The Morgan fingerprint density at radius 1 is 1.17 bits per heavy atom. The summed E-state index contributed by atoms with van der Waals surface area (Å²) in [5, 5.41) is 4.41. The molecule has 2 heterocycles. The molecule has 1 aliphatic carbocycles. The minimum Gasteiger partial charge on any atom is -0.474 e. The number of nitrogens with zero attached hydrogens (tertiary/aromatic N) is 3. The van der Waals surface area contributed by atoms with Gasteiger partial charge in [-0.1, -0.05) is 12.1 Å². The third-order valence-corrected chi connectivity index (χ3v) is 4.73. The molecule has 1 saturated carbocycles. The lowest BCUT2D eigenvalue weighted by molar-refractivity contribution is -0.137. The van der Waals surface area contributed by atoms with E-state index in [9.17, 15) is 13.2 Å². The SMILES string of the molecule is CCOc1nn(-c2ccc(C3CC3)cn2)c(C)c1Oc1cccc(C(F)(F)F)c1. The summed E-state index contributed by atoms with van der Waals surface area (Å²) in [6.07, 6.45) is -0.243. The maximum absolute atomic E-state index is 13.0. The molecule has 152 valence electrons. The molecule has 2 aromatic heterocycles. The molecule has 29 heavy (non-hydrogen) atoms. The van der Waals surface area contributed by atoms with Crippen LogP contribution in [-0.2, 0) is 6.18 Å². The van der Waals surface area contributed by atoms with E-state index in [0.717, 1.165) is 12.1 Å². The summed E-state index contributed by atoms with van der Waals surface area (Å²) >= 11 is 0. The van der Waals surface area contributed by atoms with Gasteiger partial charge in [-0.15, -0.1) is 5.10 Å². The minimum atomic E-state index is -4.45. The summed E-state index contributed by atoms with van der Waals surface area (Å²) in [6, 6.07) is 8.61. The Hall–Kier alpha value is -3.03. The zero-order chi connectivity index (χ0) is 20.6. The molecule has 1 fully saturated rings. The second kappa shape index (κ2) is 7.42. The van der Waals surface area contributed by atoms with E-state index in [1.165, 1.54) is 30.5 Å². The van der Waals surface area contributed by atoms with Gasteiger partial charge < -0.3 is 9.47 Å². The van der Waals surface area contributed by atoms with Crippen LogP contribution in [0.3, 0.4) is 0 Å². The Bertz CT molecular complexity index is 1010. The number of halogens is 3. The smallest absolute Gasteiger partial charge is 0.416 e. The van der Waals surface area contributed by atoms with E-state index in [1.54, 1.807) is 18.5 Å². The molecule has 0 atom stereocenters. The Balaban J connectivity index is 1.67. The molecule has 0 bridgehead atoms. The average molecular weight is 403 g/mol. The maximum atomic E-state index is 13.0. The van der Waals surface area contributed by atoms with Crippen LogP contribution in [0.2, 0.25) is 0 Å². The summed E-state index contributed by atoms with van der Waals surface area (Å²) in [4.78, 5) is 4.48. The molecule has 0 saturated heterocycles. The van der Waals surface area contributed by atoms with Gasteiger partial charge in [0.15, 0.2) is 5.82 Å². The Morgan fingerprint density at radius 3 is 2.59 bits per heavy atom. The Kier molecular flexibility index (Phi) is 4.94. The maximum Gasteiger partial charge on any atom is 0.416 e. The van der Waals surface area contributed by atoms with Gasteiger partial charge in [-0.25, -0.2) is 9.67 Å². The Labute approximate surface area is 166 Å². The van der Waals surface area contributed by atoms with Crippen LogP contribution in [0.5, 0.6) is 17.4 Å². The molecule has 4 rings (SSSR count). The number of aromatic nitrogens is 3. The van der Waals surface area contributed by atoms with Crippen LogP contribution >= 0.6 is 0 Å². The van der Waals surface area contributed by atoms with E-state index in [4.69, 9.17) is 9.47 Å². The van der Waals surface area contributed by atoms with Crippen molar-refractivity contribution in [2.24, 2.45) is 0 Å². The molecule has 0 unspecified atom stereocenters. The van der Waals surface area contributed by atoms with Gasteiger partial charge in [0, 0.05) is 6.20 Å². The highest BCUT2D eigenvalue weighted by Crippen LogP contribution is 2.40. The first-order chi connectivity index (χ1) is 13.9. The van der Waals surface area contributed by atoms with Gasteiger partial charge in [-0.3, -0.25) is 0 Å². The summed E-state index contributed by atoms with van der Waals surface area (Å²) < 4.78 is 51.9. The lowest BCUT2D eigenvalue weighted by Crippen LogP contribution is -2.04. The second-order valence-electron chi connectivity index (χ2n) is 6.92. The first kappa shape index (κ1) is 19.3. The van der Waals surface area contributed by atoms with Crippen molar-refractivity contribution in [3.8, 4) is 23.2 Å². The van der Waals surface area contributed by atoms with Crippen molar-refractivity contribution in [2.45, 2.75) is 38.8 Å². The van der Waals surface area contributed by atoms with Crippen LogP contribution in [0.25, 0.3) is 5.82 Å². The number of rotatable bonds is 6. The van der Waals surface area contributed by atoms with Crippen LogP contribution in [0.4, 0.5) is 13.2 Å². The zero-order valence-electron chi connectivity index (χ0n) is 16.0. The van der Waals surface area contributed by atoms with E-state index in [2.05, 4.69) is 10.1 Å². The molecule has 0 radical (unpaired) electrons. The van der Waals surface area contributed by atoms with Crippen molar-refractivity contribution in [3.63, 3.8) is 0 Å². The van der Waals surface area contributed by atoms with Gasteiger partial charge in [0.2, 0.25) is 5.75 Å². The Morgan fingerprint density at radius 2 is 1.97 bits per heavy atom.